The van der Waals surface area contributed by atoms with Gasteiger partial charge in [0.05, 0.1) is 43.0 Å². The van der Waals surface area contributed by atoms with E-state index in [1.807, 2.05) is 60.8 Å². The smallest absolute Gasteiger partial charge is 0.412 e. The first-order valence-electron chi connectivity index (χ1n) is 11.8. The third kappa shape index (κ3) is 4.51. The number of rotatable bonds is 6. The molecule has 0 bridgehead atoms. The summed E-state index contributed by atoms with van der Waals surface area (Å²) in [4.78, 5) is 19.5. The number of hydrogen-bond acceptors (Lipinski definition) is 7. The van der Waals surface area contributed by atoms with Crippen molar-refractivity contribution >= 4 is 17.4 Å². The van der Waals surface area contributed by atoms with Gasteiger partial charge in [-0.3, -0.25) is 0 Å². The number of anilines is 1. The Morgan fingerprint density at radius 1 is 1.03 bits per heavy atom. The number of methoxy groups -OCH3 is 2. The summed E-state index contributed by atoms with van der Waals surface area (Å²) < 4.78 is 18.2. The first kappa shape index (κ1) is 23.5. The van der Waals surface area contributed by atoms with Crippen molar-refractivity contribution in [3.05, 3.63) is 66.0 Å². The zero-order chi connectivity index (χ0) is 25.2. The van der Waals surface area contributed by atoms with Gasteiger partial charge < -0.3 is 24.4 Å². The second-order valence-corrected chi connectivity index (χ2v) is 8.80. The molecule has 36 heavy (non-hydrogen) atoms. The van der Waals surface area contributed by atoms with E-state index >= 15 is 0 Å². The highest BCUT2D eigenvalue weighted by molar-refractivity contribution is 5.77. The molecule has 4 aromatic rings. The topological polar surface area (TPSA) is 90.2 Å². The standard InChI is InChI=1S/C27H29N5O4/c1-17-14-22(31-13-12-20(16-31)29-27(33)36-21-8-6-5-7-9-21)26-28-18(2)25(32(26)30-17)19-10-11-23(34-3)24(15-19)35-4/h5-11,14-15,20H,12-13,16H2,1-4H3,(H,29,33). The van der Waals surface area contributed by atoms with E-state index in [9.17, 15) is 4.79 Å². The quantitative estimate of drug-likeness (QED) is 0.431. The maximum absolute atomic E-state index is 12.4. The molecule has 1 atom stereocenters. The number of carbonyl (C=O) groups excluding carboxylic acids is 1. The highest BCUT2D eigenvalue weighted by Crippen LogP contribution is 2.35. The van der Waals surface area contributed by atoms with Crippen LogP contribution < -0.4 is 24.4 Å². The van der Waals surface area contributed by atoms with Crippen LogP contribution in [-0.2, 0) is 0 Å². The third-order valence-electron chi connectivity index (χ3n) is 6.32. The molecule has 9 nitrogen and oxygen atoms in total. The lowest BCUT2D eigenvalue weighted by Crippen LogP contribution is -2.38. The van der Waals surface area contributed by atoms with E-state index in [0.717, 1.165) is 46.9 Å². The summed E-state index contributed by atoms with van der Waals surface area (Å²) in [6.45, 7) is 5.39. The number of carbonyl (C=O) groups is 1. The minimum absolute atomic E-state index is 0.0314. The molecule has 1 fully saturated rings. The number of fused-ring (bicyclic) bond motifs is 1. The molecule has 9 heteroatoms. The Kier molecular flexibility index (Phi) is 6.37. The van der Waals surface area contributed by atoms with Crippen molar-refractivity contribution in [2.45, 2.75) is 26.3 Å². The molecule has 186 valence electrons. The van der Waals surface area contributed by atoms with Gasteiger partial charge in [-0.15, -0.1) is 0 Å². The summed E-state index contributed by atoms with van der Waals surface area (Å²) in [5.41, 5.74) is 5.33. The van der Waals surface area contributed by atoms with Crippen molar-refractivity contribution in [1.29, 1.82) is 0 Å². The number of nitrogens with one attached hydrogen (secondary N) is 1. The Bertz CT molecular complexity index is 1400. The number of para-hydroxylation sites is 1. The van der Waals surface area contributed by atoms with Crippen LogP contribution in [-0.4, -0.2) is 54.0 Å². The van der Waals surface area contributed by atoms with Crippen LogP contribution in [0, 0.1) is 13.8 Å². The Hall–Kier alpha value is -4.27. The first-order chi connectivity index (χ1) is 17.5. The summed E-state index contributed by atoms with van der Waals surface area (Å²) in [6, 6.07) is 16.9. The zero-order valence-corrected chi connectivity index (χ0v) is 20.8. The number of ether oxygens (including phenoxy) is 3. The highest BCUT2D eigenvalue weighted by Gasteiger charge is 2.28. The van der Waals surface area contributed by atoms with Gasteiger partial charge in [-0.2, -0.15) is 5.10 Å². The lowest BCUT2D eigenvalue weighted by molar-refractivity contribution is 0.197. The van der Waals surface area contributed by atoms with Crippen molar-refractivity contribution in [1.82, 2.24) is 19.9 Å². The van der Waals surface area contributed by atoms with Crippen LogP contribution in [0.5, 0.6) is 17.2 Å². The maximum atomic E-state index is 12.4. The fourth-order valence-electron chi connectivity index (χ4n) is 4.67. The van der Waals surface area contributed by atoms with E-state index in [-0.39, 0.29) is 6.04 Å². The number of hydrogen-bond donors (Lipinski definition) is 1. The molecule has 0 spiro atoms. The van der Waals surface area contributed by atoms with Crippen molar-refractivity contribution in [3.8, 4) is 28.5 Å². The number of aromatic nitrogens is 3. The minimum atomic E-state index is -0.448. The Morgan fingerprint density at radius 3 is 2.56 bits per heavy atom. The Balaban J connectivity index is 1.41. The van der Waals surface area contributed by atoms with Crippen LogP contribution in [0.4, 0.5) is 10.5 Å². The van der Waals surface area contributed by atoms with Crippen LogP contribution in [0.2, 0.25) is 0 Å². The molecule has 2 aromatic carbocycles. The number of benzene rings is 2. The van der Waals surface area contributed by atoms with Crippen molar-refractivity contribution < 1.29 is 19.0 Å². The molecular formula is C27H29N5O4. The Labute approximate surface area is 209 Å². The summed E-state index contributed by atoms with van der Waals surface area (Å²) >= 11 is 0. The van der Waals surface area contributed by atoms with E-state index in [1.54, 1.807) is 26.4 Å². The van der Waals surface area contributed by atoms with Gasteiger partial charge in [0.1, 0.15) is 5.75 Å². The lowest BCUT2D eigenvalue weighted by Gasteiger charge is -2.20. The minimum Gasteiger partial charge on any atom is -0.493 e. The molecule has 5 rings (SSSR count). The molecule has 3 heterocycles. The average molecular weight is 488 g/mol. The molecule has 1 saturated heterocycles. The SMILES string of the molecule is COc1ccc(-c2c(C)nc3c(N4CCC(NC(=O)Oc5ccccc5)C4)cc(C)nn23)cc1OC. The van der Waals surface area contributed by atoms with E-state index in [2.05, 4.69) is 10.2 Å². The second-order valence-electron chi connectivity index (χ2n) is 8.80. The molecule has 1 aliphatic heterocycles. The summed E-state index contributed by atoms with van der Waals surface area (Å²) in [5.74, 6) is 1.83. The van der Waals surface area contributed by atoms with Gasteiger partial charge >= 0.3 is 6.09 Å². The molecule has 1 unspecified atom stereocenters. The number of amides is 1. The fraction of sp³-hybridized carbons (Fsp3) is 0.296. The van der Waals surface area contributed by atoms with Crippen LogP contribution in [0.3, 0.4) is 0 Å². The normalized spacial score (nSPS) is 15.2. The molecule has 1 N–H and O–H groups in total. The average Bonchev–Trinajstić information content (AvgIpc) is 3.47. The fourth-order valence-corrected chi connectivity index (χ4v) is 4.67. The van der Waals surface area contributed by atoms with Crippen LogP contribution in [0.1, 0.15) is 17.8 Å². The van der Waals surface area contributed by atoms with Crippen LogP contribution in [0.15, 0.2) is 54.6 Å². The first-order valence-corrected chi connectivity index (χ1v) is 11.8. The van der Waals surface area contributed by atoms with Gasteiger partial charge in [0.15, 0.2) is 17.1 Å². The lowest BCUT2D eigenvalue weighted by atomic mass is 10.1. The molecular weight excluding hydrogens is 458 g/mol. The third-order valence-corrected chi connectivity index (χ3v) is 6.32. The largest absolute Gasteiger partial charge is 0.493 e. The van der Waals surface area contributed by atoms with Crippen LogP contribution in [0.25, 0.3) is 16.9 Å². The Morgan fingerprint density at radius 2 is 1.81 bits per heavy atom. The molecule has 1 aliphatic rings. The molecule has 0 aliphatic carbocycles. The van der Waals surface area contributed by atoms with Gasteiger partial charge in [-0.25, -0.2) is 14.3 Å². The summed E-state index contributed by atoms with van der Waals surface area (Å²) in [7, 11) is 3.24. The zero-order valence-electron chi connectivity index (χ0n) is 20.8. The van der Waals surface area contributed by atoms with Gasteiger partial charge in [-0.1, -0.05) is 18.2 Å². The van der Waals surface area contributed by atoms with Gasteiger partial charge in [0, 0.05) is 18.7 Å². The summed E-state index contributed by atoms with van der Waals surface area (Å²) in [5, 5.41) is 7.77. The van der Waals surface area contributed by atoms with Gasteiger partial charge in [0.25, 0.3) is 0 Å². The molecule has 2 aromatic heterocycles. The monoisotopic (exact) mass is 487 g/mol. The molecule has 0 radical (unpaired) electrons. The van der Waals surface area contributed by atoms with Gasteiger partial charge in [-0.05, 0) is 56.7 Å². The second kappa shape index (κ2) is 9.77. The molecule has 0 saturated carbocycles. The number of imidazole rings is 1. The van der Waals surface area contributed by atoms with E-state index in [1.165, 1.54) is 0 Å². The highest BCUT2D eigenvalue weighted by atomic mass is 16.6. The van der Waals surface area contributed by atoms with Crippen molar-refractivity contribution in [2.24, 2.45) is 0 Å². The number of aryl methyl sites for hydroxylation is 2. The maximum Gasteiger partial charge on any atom is 0.412 e. The predicted octanol–water partition coefficient (Wildman–Crippen LogP) is 4.40. The van der Waals surface area contributed by atoms with Crippen LogP contribution >= 0.6 is 0 Å². The van der Waals surface area contributed by atoms with Crippen molar-refractivity contribution in [3.63, 3.8) is 0 Å². The molecule has 1 amide bonds. The summed E-state index contributed by atoms with van der Waals surface area (Å²) in [6.07, 6.45) is 0.358. The van der Waals surface area contributed by atoms with Gasteiger partial charge in [0.2, 0.25) is 0 Å². The van der Waals surface area contributed by atoms with E-state index in [0.29, 0.717) is 23.8 Å². The number of nitrogens with zero attached hydrogens (tertiary/aromatic N) is 4. The van der Waals surface area contributed by atoms with E-state index < -0.39 is 6.09 Å². The predicted molar refractivity (Wildman–Crippen MR) is 137 cm³/mol. The van der Waals surface area contributed by atoms with Crippen molar-refractivity contribution in [2.75, 3.05) is 32.2 Å². The van der Waals surface area contributed by atoms with E-state index in [4.69, 9.17) is 24.3 Å².